The molecular formula is C7H13NO4. The molecule has 0 spiro atoms. The Bertz CT molecular complexity index is 163. The Hall–Kier alpha value is -0.490. The number of hydrogen-bond donors (Lipinski definition) is 3. The fraction of sp³-hybridized carbons (Fsp3) is 0.857. The van der Waals surface area contributed by atoms with Gasteiger partial charge in [-0.25, -0.2) is 0 Å². The van der Waals surface area contributed by atoms with Gasteiger partial charge in [-0.2, -0.15) is 0 Å². The van der Waals surface area contributed by atoms with Gasteiger partial charge in [-0.3, -0.25) is 4.99 Å². The van der Waals surface area contributed by atoms with Crippen LogP contribution in [0.1, 0.15) is 0 Å². The standard InChI is InChI=1S/C7H13NO4/c1-8-4-3-12-5(2-9)7(11)6(4)10/h4-7,9-11H,1-3H2/t4?,5?,6?,7-/m0/s1. The summed E-state index contributed by atoms with van der Waals surface area (Å²) < 4.78 is 5.02. The molecule has 0 saturated carbocycles. The average Bonchev–Trinajstić information content (AvgIpc) is 2.10. The minimum atomic E-state index is -1.08. The van der Waals surface area contributed by atoms with Crippen LogP contribution in [0.25, 0.3) is 0 Å². The molecule has 3 unspecified atom stereocenters. The number of aliphatic imine (C=N–C) groups is 1. The van der Waals surface area contributed by atoms with Gasteiger partial charge in [0.15, 0.2) is 0 Å². The lowest BCUT2D eigenvalue weighted by Gasteiger charge is -2.34. The molecule has 0 aliphatic carbocycles. The Kier molecular flexibility index (Phi) is 3.16. The Morgan fingerprint density at radius 3 is 2.58 bits per heavy atom. The molecule has 0 amide bonds. The predicted molar refractivity (Wildman–Crippen MR) is 42.2 cm³/mol. The second-order valence-corrected chi connectivity index (χ2v) is 2.79. The van der Waals surface area contributed by atoms with Crippen molar-refractivity contribution in [2.45, 2.75) is 24.4 Å². The number of nitrogens with zero attached hydrogens (tertiary/aromatic N) is 1. The first-order chi connectivity index (χ1) is 5.70. The van der Waals surface area contributed by atoms with Gasteiger partial charge in [0.1, 0.15) is 24.4 Å². The minimum Gasteiger partial charge on any atom is -0.394 e. The van der Waals surface area contributed by atoms with E-state index in [1.165, 1.54) is 0 Å². The maximum absolute atomic E-state index is 9.36. The summed E-state index contributed by atoms with van der Waals surface area (Å²) in [7, 11) is 0. The summed E-state index contributed by atoms with van der Waals surface area (Å²) in [4.78, 5) is 3.58. The third-order valence-electron chi connectivity index (χ3n) is 2.02. The van der Waals surface area contributed by atoms with Crippen molar-refractivity contribution in [1.82, 2.24) is 0 Å². The van der Waals surface area contributed by atoms with Crippen LogP contribution < -0.4 is 0 Å². The summed E-state index contributed by atoms with van der Waals surface area (Å²) in [5.41, 5.74) is 0. The van der Waals surface area contributed by atoms with Crippen molar-refractivity contribution in [2.75, 3.05) is 13.2 Å². The van der Waals surface area contributed by atoms with Gasteiger partial charge in [0, 0.05) is 0 Å². The fourth-order valence-corrected chi connectivity index (χ4v) is 1.19. The Morgan fingerprint density at radius 1 is 1.42 bits per heavy atom. The molecule has 0 aromatic heterocycles. The van der Waals surface area contributed by atoms with E-state index in [9.17, 15) is 10.2 Å². The summed E-state index contributed by atoms with van der Waals surface area (Å²) in [6.45, 7) is 3.14. The smallest absolute Gasteiger partial charge is 0.110 e. The highest BCUT2D eigenvalue weighted by atomic mass is 16.5. The molecule has 5 heteroatoms. The van der Waals surface area contributed by atoms with E-state index >= 15 is 0 Å². The van der Waals surface area contributed by atoms with Crippen molar-refractivity contribution >= 4 is 6.72 Å². The van der Waals surface area contributed by atoms with E-state index in [1.807, 2.05) is 0 Å². The Balaban J connectivity index is 2.58. The van der Waals surface area contributed by atoms with E-state index in [2.05, 4.69) is 11.7 Å². The molecule has 0 aromatic rings. The van der Waals surface area contributed by atoms with E-state index in [-0.39, 0.29) is 13.2 Å². The number of hydrogen-bond acceptors (Lipinski definition) is 5. The van der Waals surface area contributed by atoms with Crippen LogP contribution >= 0.6 is 0 Å². The fourth-order valence-electron chi connectivity index (χ4n) is 1.19. The van der Waals surface area contributed by atoms with E-state index in [0.29, 0.717) is 0 Å². The molecule has 12 heavy (non-hydrogen) atoms. The molecule has 70 valence electrons. The van der Waals surface area contributed by atoms with E-state index in [1.54, 1.807) is 0 Å². The van der Waals surface area contributed by atoms with Gasteiger partial charge in [-0.1, -0.05) is 0 Å². The molecule has 3 N–H and O–H groups in total. The second-order valence-electron chi connectivity index (χ2n) is 2.79. The van der Waals surface area contributed by atoms with Crippen LogP contribution in [0.2, 0.25) is 0 Å². The number of ether oxygens (including phenoxy) is 1. The van der Waals surface area contributed by atoms with Crippen molar-refractivity contribution in [1.29, 1.82) is 0 Å². The van der Waals surface area contributed by atoms with Gasteiger partial charge in [0.25, 0.3) is 0 Å². The molecule has 4 atom stereocenters. The van der Waals surface area contributed by atoms with Crippen molar-refractivity contribution in [3.05, 3.63) is 0 Å². The second kappa shape index (κ2) is 3.95. The number of rotatable bonds is 2. The summed E-state index contributed by atoms with van der Waals surface area (Å²) in [6.07, 6.45) is -2.79. The van der Waals surface area contributed by atoms with Crippen LogP contribution in [0.15, 0.2) is 4.99 Å². The van der Waals surface area contributed by atoms with Crippen LogP contribution in [0.5, 0.6) is 0 Å². The third-order valence-corrected chi connectivity index (χ3v) is 2.02. The number of aliphatic hydroxyl groups excluding tert-OH is 3. The van der Waals surface area contributed by atoms with Crippen molar-refractivity contribution in [2.24, 2.45) is 4.99 Å². The highest BCUT2D eigenvalue weighted by molar-refractivity contribution is 5.24. The Morgan fingerprint density at radius 2 is 2.08 bits per heavy atom. The summed E-state index contributed by atoms with van der Waals surface area (Å²) in [5, 5.41) is 27.4. The monoisotopic (exact) mass is 175 g/mol. The van der Waals surface area contributed by atoms with Gasteiger partial charge in [0.2, 0.25) is 0 Å². The lowest BCUT2D eigenvalue weighted by atomic mass is 9.99. The topological polar surface area (TPSA) is 82.3 Å². The van der Waals surface area contributed by atoms with Crippen LogP contribution in [-0.4, -0.2) is 59.6 Å². The molecular weight excluding hydrogens is 162 g/mol. The zero-order valence-corrected chi connectivity index (χ0v) is 6.63. The molecule has 1 aliphatic heterocycles. The molecule has 1 heterocycles. The van der Waals surface area contributed by atoms with E-state index in [0.717, 1.165) is 0 Å². The average molecular weight is 175 g/mol. The van der Waals surface area contributed by atoms with Crippen LogP contribution in [0.3, 0.4) is 0 Å². The van der Waals surface area contributed by atoms with E-state index in [4.69, 9.17) is 9.84 Å². The van der Waals surface area contributed by atoms with Crippen LogP contribution in [0, 0.1) is 0 Å². The third kappa shape index (κ3) is 1.64. The normalized spacial score (nSPS) is 42.6. The van der Waals surface area contributed by atoms with Crippen molar-refractivity contribution < 1.29 is 20.1 Å². The summed E-state index contributed by atoms with van der Waals surface area (Å²) in [5.74, 6) is 0. The van der Waals surface area contributed by atoms with Crippen molar-refractivity contribution in [3.63, 3.8) is 0 Å². The van der Waals surface area contributed by atoms with Crippen LogP contribution in [0.4, 0.5) is 0 Å². The van der Waals surface area contributed by atoms with Gasteiger partial charge in [0.05, 0.1) is 13.2 Å². The van der Waals surface area contributed by atoms with Crippen LogP contribution in [-0.2, 0) is 4.74 Å². The highest BCUT2D eigenvalue weighted by Gasteiger charge is 2.37. The summed E-state index contributed by atoms with van der Waals surface area (Å²) >= 11 is 0. The molecule has 1 fully saturated rings. The van der Waals surface area contributed by atoms with E-state index < -0.39 is 24.4 Å². The zero-order valence-electron chi connectivity index (χ0n) is 6.63. The lowest BCUT2D eigenvalue weighted by Crippen LogP contribution is -2.53. The zero-order chi connectivity index (χ0) is 9.14. The molecule has 0 bridgehead atoms. The first kappa shape index (κ1) is 9.60. The van der Waals surface area contributed by atoms with Gasteiger partial charge >= 0.3 is 0 Å². The number of aliphatic hydroxyl groups is 3. The molecule has 0 radical (unpaired) electrons. The largest absolute Gasteiger partial charge is 0.394 e. The highest BCUT2D eigenvalue weighted by Crippen LogP contribution is 2.16. The first-order valence-electron chi connectivity index (χ1n) is 3.75. The molecule has 0 aromatic carbocycles. The van der Waals surface area contributed by atoms with Crippen molar-refractivity contribution in [3.8, 4) is 0 Å². The molecule has 1 saturated heterocycles. The molecule has 1 aliphatic rings. The predicted octanol–water partition coefficient (Wildman–Crippen LogP) is -1.83. The Labute approximate surface area is 70.3 Å². The maximum atomic E-state index is 9.36. The van der Waals surface area contributed by atoms with Gasteiger partial charge in [-0.15, -0.1) is 0 Å². The quantitative estimate of drug-likeness (QED) is 0.431. The minimum absolute atomic E-state index is 0.187. The summed E-state index contributed by atoms with van der Waals surface area (Å²) in [6, 6.07) is -0.497. The van der Waals surface area contributed by atoms with Gasteiger partial charge in [-0.05, 0) is 6.72 Å². The molecule has 1 rings (SSSR count). The lowest BCUT2D eigenvalue weighted by molar-refractivity contribution is -0.155. The maximum Gasteiger partial charge on any atom is 0.110 e. The first-order valence-corrected chi connectivity index (χ1v) is 3.75. The molecule has 5 nitrogen and oxygen atoms in total. The van der Waals surface area contributed by atoms with Gasteiger partial charge < -0.3 is 20.1 Å². The SMILES string of the molecule is C=NC1COC(CO)[C@H](O)C1O.